The fourth-order valence-electron chi connectivity index (χ4n) is 1.49. The zero-order valence-electron chi connectivity index (χ0n) is 9.58. The van der Waals surface area contributed by atoms with Crippen molar-refractivity contribution in [2.45, 2.75) is 13.5 Å². The van der Waals surface area contributed by atoms with Gasteiger partial charge >= 0.3 is 0 Å². The van der Waals surface area contributed by atoms with Crippen molar-refractivity contribution in [3.8, 4) is 0 Å². The molecule has 0 aromatic carbocycles. The van der Waals surface area contributed by atoms with Gasteiger partial charge in [0.05, 0.1) is 16.6 Å². The van der Waals surface area contributed by atoms with Crippen LogP contribution in [0.2, 0.25) is 4.34 Å². The summed E-state index contributed by atoms with van der Waals surface area (Å²) in [6.07, 6.45) is 0. The molecule has 5 heteroatoms. The molecular weight excluding hydrogens is 320 g/mol. The molecule has 2 heterocycles. The zero-order chi connectivity index (χ0) is 12.4. The van der Waals surface area contributed by atoms with Crippen LogP contribution in [0.5, 0.6) is 0 Å². The van der Waals surface area contributed by atoms with Gasteiger partial charge in [-0.25, -0.2) is 4.98 Å². The lowest BCUT2D eigenvalue weighted by Gasteiger charge is -2.17. The van der Waals surface area contributed by atoms with Crippen molar-refractivity contribution in [2.24, 2.45) is 0 Å². The second-order valence-electron chi connectivity index (χ2n) is 3.80. The van der Waals surface area contributed by atoms with Crippen LogP contribution in [0.4, 0.5) is 5.82 Å². The van der Waals surface area contributed by atoms with E-state index >= 15 is 0 Å². The number of pyridine rings is 1. The smallest absolute Gasteiger partial charge is 0.128 e. The minimum atomic E-state index is 0.825. The molecule has 2 aromatic heterocycles. The highest BCUT2D eigenvalue weighted by atomic mass is 79.9. The van der Waals surface area contributed by atoms with Crippen LogP contribution in [0.1, 0.15) is 10.6 Å². The molecule has 2 aromatic rings. The molecule has 0 bridgehead atoms. The first-order valence-electron chi connectivity index (χ1n) is 5.15. The number of aryl methyl sites for hydroxylation is 1. The minimum absolute atomic E-state index is 0.825. The normalized spacial score (nSPS) is 10.6. The standard InChI is InChI=1S/C12H12BrClN2S/c1-8-10(13)4-6-12(15-8)16(2)7-9-3-5-11(14)17-9/h3-6H,7H2,1-2H3. The quantitative estimate of drug-likeness (QED) is 0.823. The Balaban J connectivity index is 2.14. The van der Waals surface area contributed by atoms with Crippen LogP contribution >= 0.6 is 38.9 Å². The fraction of sp³-hybridized carbons (Fsp3) is 0.250. The van der Waals surface area contributed by atoms with Gasteiger partial charge in [-0.05, 0) is 47.1 Å². The molecule has 0 spiro atoms. The molecule has 0 unspecified atom stereocenters. The molecule has 0 saturated heterocycles. The Bertz CT molecular complexity index is 527. The molecule has 2 rings (SSSR count). The van der Waals surface area contributed by atoms with Gasteiger partial charge in [0.25, 0.3) is 0 Å². The van der Waals surface area contributed by atoms with Gasteiger partial charge < -0.3 is 4.90 Å². The van der Waals surface area contributed by atoms with E-state index in [-0.39, 0.29) is 0 Å². The van der Waals surface area contributed by atoms with Crippen LogP contribution in [-0.2, 0) is 6.54 Å². The van der Waals surface area contributed by atoms with Crippen molar-refractivity contribution in [3.05, 3.63) is 43.6 Å². The highest BCUT2D eigenvalue weighted by molar-refractivity contribution is 9.10. The Morgan fingerprint density at radius 2 is 2.12 bits per heavy atom. The fourth-order valence-corrected chi connectivity index (χ4v) is 2.86. The van der Waals surface area contributed by atoms with Gasteiger partial charge in [-0.2, -0.15) is 0 Å². The van der Waals surface area contributed by atoms with Gasteiger partial charge in [0.2, 0.25) is 0 Å². The Morgan fingerprint density at radius 3 is 2.71 bits per heavy atom. The van der Waals surface area contributed by atoms with E-state index in [1.165, 1.54) is 4.88 Å². The second kappa shape index (κ2) is 5.38. The van der Waals surface area contributed by atoms with E-state index in [0.717, 1.165) is 26.9 Å². The maximum atomic E-state index is 5.91. The van der Waals surface area contributed by atoms with Gasteiger partial charge in [-0.15, -0.1) is 11.3 Å². The summed E-state index contributed by atoms with van der Waals surface area (Å²) in [5.74, 6) is 0.968. The SMILES string of the molecule is Cc1nc(N(C)Cc2ccc(Cl)s2)ccc1Br. The Kier molecular flexibility index (Phi) is 4.07. The Morgan fingerprint density at radius 1 is 1.35 bits per heavy atom. The molecule has 0 amide bonds. The molecule has 0 aliphatic carbocycles. The van der Waals surface area contributed by atoms with Gasteiger partial charge in [-0.1, -0.05) is 11.6 Å². The van der Waals surface area contributed by atoms with Crippen molar-refractivity contribution in [3.63, 3.8) is 0 Å². The number of hydrogen-bond donors (Lipinski definition) is 0. The number of thiophene rings is 1. The summed E-state index contributed by atoms with van der Waals surface area (Å²) >= 11 is 11.0. The molecule has 0 aliphatic heterocycles. The van der Waals surface area contributed by atoms with Crippen LogP contribution in [-0.4, -0.2) is 12.0 Å². The van der Waals surface area contributed by atoms with Crippen LogP contribution in [0, 0.1) is 6.92 Å². The van der Waals surface area contributed by atoms with Crippen molar-refractivity contribution in [1.29, 1.82) is 0 Å². The molecule has 0 radical (unpaired) electrons. The average Bonchev–Trinajstić information content (AvgIpc) is 2.68. The summed E-state index contributed by atoms with van der Waals surface area (Å²) in [5, 5.41) is 0. The number of halogens is 2. The predicted octanol–water partition coefficient (Wildman–Crippen LogP) is 4.50. The summed E-state index contributed by atoms with van der Waals surface area (Å²) < 4.78 is 1.86. The Hall–Kier alpha value is -0.580. The first-order chi connectivity index (χ1) is 8.06. The van der Waals surface area contributed by atoms with Crippen LogP contribution in [0.25, 0.3) is 0 Å². The second-order valence-corrected chi connectivity index (χ2v) is 6.45. The number of aromatic nitrogens is 1. The summed E-state index contributed by atoms with van der Waals surface area (Å²) in [4.78, 5) is 7.87. The van der Waals surface area contributed by atoms with Gasteiger partial charge in [-0.3, -0.25) is 0 Å². The maximum Gasteiger partial charge on any atom is 0.128 e. The molecule has 0 aliphatic rings. The zero-order valence-corrected chi connectivity index (χ0v) is 12.7. The maximum absolute atomic E-state index is 5.91. The van der Waals surface area contributed by atoms with E-state index in [1.54, 1.807) is 11.3 Å². The molecule has 0 N–H and O–H groups in total. The summed E-state index contributed by atoms with van der Waals surface area (Å²) in [7, 11) is 2.03. The lowest BCUT2D eigenvalue weighted by Crippen LogP contribution is -2.17. The third-order valence-electron chi connectivity index (χ3n) is 2.42. The predicted molar refractivity (Wildman–Crippen MR) is 78.1 cm³/mol. The minimum Gasteiger partial charge on any atom is -0.355 e. The largest absolute Gasteiger partial charge is 0.355 e. The van der Waals surface area contributed by atoms with Gasteiger partial charge in [0.15, 0.2) is 0 Å². The van der Waals surface area contributed by atoms with E-state index in [1.807, 2.05) is 32.2 Å². The average molecular weight is 332 g/mol. The molecule has 0 atom stereocenters. The number of anilines is 1. The van der Waals surface area contributed by atoms with E-state index in [9.17, 15) is 0 Å². The van der Waals surface area contributed by atoms with Crippen LogP contribution in [0.3, 0.4) is 0 Å². The lowest BCUT2D eigenvalue weighted by atomic mass is 10.3. The molecule has 0 fully saturated rings. The first kappa shape index (κ1) is 12.9. The topological polar surface area (TPSA) is 16.1 Å². The third kappa shape index (κ3) is 3.21. The Labute approximate surface area is 118 Å². The summed E-state index contributed by atoms with van der Waals surface area (Å²) in [6.45, 7) is 2.81. The number of rotatable bonds is 3. The van der Waals surface area contributed by atoms with E-state index in [0.29, 0.717) is 0 Å². The molecule has 90 valence electrons. The van der Waals surface area contributed by atoms with E-state index in [4.69, 9.17) is 11.6 Å². The molecular formula is C12H12BrClN2S. The van der Waals surface area contributed by atoms with Crippen molar-refractivity contribution in [2.75, 3.05) is 11.9 Å². The lowest BCUT2D eigenvalue weighted by molar-refractivity contribution is 0.904. The highest BCUT2D eigenvalue weighted by Crippen LogP contribution is 2.24. The highest BCUT2D eigenvalue weighted by Gasteiger charge is 2.07. The van der Waals surface area contributed by atoms with Crippen molar-refractivity contribution >= 4 is 44.7 Å². The van der Waals surface area contributed by atoms with E-state index in [2.05, 4.69) is 31.9 Å². The third-order valence-corrected chi connectivity index (χ3v) is 4.47. The number of hydrogen-bond acceptors (Lipinski definition) is 3. The monoisotopic (exact) mass is 330 g/mol. The molecule has 0 saturated carbocycles. The first-order valence-corrected chi connectivity index (χ1v) is 7.13. The van der Waals surface area contributed by atoms with Crippen LogP contribution in [0.15, 0.2) is 28.7 Å². The van der Waals surface area contributed by atoms with Gasteiger partial charge in [0, 0.05) is 16.4 Å². The molecule has 17 heavy (non-hydrogen) atoms. The van der Waals surface area contributed by atoms with Gasteiger partial charge in [0.1, 0.15) is 5.82 Å². The summed E-state index contributed by atoms with van der Waals surface area (Å²) in [5.41, 5.74) is 0.999. The number of nitrogens with zero attached hydrogens (tertiary/aromatic N) is 2. The van der Waals surface area contributed by atoms with Crippen molar-refractivity contribution in [1.82, 2.24) is 4.98 Å². The van der Waals surface area contributed by atoms with Crippen LogP contribution < -0.4 is 4.90 Å². The van der Waals surface area contributed by atoms with Crippen molar-refractivity contribution < 1.29 is 0 Å². The summed E-state index contributed by atoms with van der Waals surface area (Å²) in [6, 6.07) is 8.01. The van der Waals surface area contributed by atoms with E-state index < -0.39 is 0 Å². The molecule has 2 nitrogen and oxygen atoms in total.